The van der Waals surface area contributed by atoms with Gasteiger partial charge in [0.15, 0.2) is 0 Å². The zero-order chi connectivity index (χ0) is 8.97. The summed E-state index contributed by atoms with van der Waals surface area (Å²) in [4.78, 5) is 13.4. The number of hydrogen-bond acceptors (Lipinski definition) is 3. The lowest BCUT2D eigenvalue weighted by molar-refractivity contribution is -0.148. The molecule has 0 aromatic carbocycles. The predicted molar refractivity (Wildman–Crippen MR) is 46.9 cm³/mol. The largest absolute Gasteiger partial charge is 0.465 e. The van der Waals surface area contributed by atoms with Gasteiger partial charge in [-0.15, -0.1) is 0 Å². The van der Waals surface area contributed by atoms with E-state index in [2.05, 4.69) is 4.90 Å². The fourth-order valence-electron chi connectivity index (χ4n) is 1.54. The first-order chi connectivity index (χ1) is 5.75. The van der Waals surface area contributed by atoms with E-state index in [1.165, 1.54) is 12.8 Å². The van der Waals surface area contributed by atoms with Crippen LogP contribution >= 0.6 is 0 Å². The van der Waals surface area contributed by atoms with Gasteiger partial charge < -0.3 is 4.74 Å². The Morgan fingerprint density at radius 3 is 2.58 bits per heavy atom. The van der Waals surface area contributed by atoms with Gasteiger partial charge in [-0.05, 0) is 39.8 Å². The van der Waals surface area contributed by atoms with E-state index >= 15 is 0 Å². The van der Waals surface area contributed by atoms with Crippen molar-refractivity contribution in [3.05, 3.63) is 0 Å². The van der Waals surface area contributed by atoms with Crippen molar-refractivity contribution in [3.63, 3.8) is 0 Å². The first kappa shape index (κ1) is 9.52. The van der Waals surface area contributed by atoms with Crippen molar-refractivity contribution in [1.82, 2.24) is 4.90 Å². The highest BCUT2D eigenvalue weighted by atomic mass is 16.5. The third-order valence-electron chi connectivity index (χ3n) is 2.32. The van der Waals surface area contributed by atoms with Crippen LogP contribution in [0.4, 0.5) is 0 Å². The van der Waals surface area contributed by atoms with E-state index in [4.69, 9.17) is 4.74 Å². The van der Waals surface area contributed by atoms with Crippen LogP contribution in [0.25, 0.3) is 0 Å². The Hall–Kier alpha value is -0.570. The summed E-state index contributed by atoms with van der Waals surface area (Å²) in [5.74, 6) is -0.0839. The molecule has 1 saturated heterocycles. The van der Waals surface area contributed by atoms with Crippen molar-refractivity contribution in [1.29, 1.82) is 0 Å². The van der Waals surface area contributed by atoms with E-state index in [0.29, 0.717) is 6.61 Å². The summed E-state index contributed by atoms with van der Waals surface area (Å²) in [5, 5.41) is 0. The molecular formula is C9H17NO2. The first-order valence-corrected chi connectivity index (χ1v) is 4.66. The highest BCUT2D eigenvalue weighted by Gasteiger charge is 2.24. The predicted octanol–water partition coefficient (Wildman–Crippen LogP) is 1.03. The maximum Gasteiger partial charge on any atom is 0.323 e. The van der Waals surface area contributed by atoms with Crippen molar-refractivity contribution in [2.45, 2.75) is 32.7 Å². The molecule has 1 fully saturated rings. The molecule has 1 rings (SSSR count). The summed E-state index contributed by atoms with van der Waals surface area (Å²) in [6.07, 6.45) is 2.42. The van der Waals surface area contributed by atoms with Gasteiger partial charge in [0.1, 0.15) is 6.04 Å². The van der Waals surface area contributed by atoms with E-state index in [1.807, 2.05) is 13.8 Å². The number of likely N-dealkylation sites (tertiary alicyclic amines) is 1. The van der Waals surface area contributed by atoms with Gasteiger partial charge in [-0.3, -0.25) is 9.69 Å². The highest BCUT2D eigenvalue weighted by molar-refractivity contribution is 5.75. The summed E-state index contributed by atoms with van der Waals surface area (Å²) in [5.41, 5.74) is 0. The number of carbonyl (C=O) groups excluding carboxylic acids is 1. The van der Waals surface area contributed by atoms with Gasteiger partial charge in [-0.25, -0.2) is 0 Å². The molecule has 0 bridgehead atoms. The van der Waals surface area contributed by atoms with Gasteiger partial charge in [0, 0.05) is 0 Å². The Morgan fingerprint density at radius 2 is 2.08 bits per heavy atom. The molecule has 12 heavy (non-hydrogen) atoms. The zero-order valence-corrected chi connectivity index (χ0v) is 7.88. The molecule has 70 valence electrons. The van der Waals surface area contributed by atoms with Crippen LogP contribution in [-0.4, -0.2) is 36.6 Å². The monoisotopic (exact) mass is 171 g/mol. The van der Waals surface area contributed by atoms with Crippen LogP contribution in [0.1, 0.15) is 26.7 Å². The molecule has 0 N–H and O–H groups in total. The molecule has 1 aliphatic rings. The lowest BCUT2D eigenvalue weighted by atomic mass is 10.3. The maximum atomic E-state index is 11.3. The van der Waals surface area contributed by atoms with Gasteiger partial charge in [0.25, 0.3) is 0 Å². The summed E-state index contributed by atoms with van der Waals surface area (Å²) in [6, 6.07) is -0.0487. The van der Waals surface area contributed by atoms with Crippen molar-refractivity contribution in [2.24, 2.45) is 0 Å². The quantitative estimate of drug-likeness (QED) is 0.594. The summed E-state index contributed by atoms with van der Waals surface area (Å²) in [7, 11) is 0. The molecule has 3 nitrogen and oxygen atoms in total. The number of hydrogen-bond donors (Lipinski definition) is 0. The highest BCUT2D eigenvalue weighted by Crippen LogP contribution is 2.12. The first-order valence-electron chi connectivity index (χ1n) is 4.66. The van der Waals surface area contributed by atoms with E-state index < -0.39 is 0 Å². The topological polar surface area (TPSA) is 29.5 Å². The fourth-order valence-corrected chi connectivity index (χ4v) is 1.54. The zero-order valence-electron chi connectivity index (χ0n) is 7.88. The van der Waals surface area contributed by atoms with Gasteiger partial charge in [-0.2, -0.15) is 0 Å². The molecule has 0 aliphatic carbocycles. The smallest absolute Gasteiger partial charge is 0.323 e. The van der Waals surface area contributed by atoms with Gasteiger partial charge in [0.2, 0.25) is 0 Å². The van der Waals surface area contributed by atoms with Gasteiger partial charge in [-0.1, -0.05) is 0 Å². The third kappa shape index (κ3) is 2.21. The molecular weight excluding hydrogens is 154 g/mol. The Balaban J connectivity index is 2.34. The molecule has 0 aromatic heterocycles. The average Bonchev–Trinajstić information content (AvgIpc) is 2.55. The molecule has 1 heterocycles. The van der Waals surface area contributed by atoms with E-state index in [-0.39, 0.29) is 12.0 Å². The number of nitrogens with zero attached hydrogens (tertiary/aromatic N) is 1. The maximum absolute atomic E-state index is 11.3. The SMILES string of the molecule is CCOC(=O)[C@@H](C)N1CCCC1. The number of carbonyl (C=O) groups is 1. The minimum Gasteiger partial charge on any atom is -0.465 e. The average molecular weight is 171 g/mol. The second-order valence-electron chi connectivity index (χ2n) is 3.17. The number of rotatable bonds is 3. The Kier molecular flexibility index (Phi) is 3.53. The standard InChI is InChI=1S/C9H17NO2/c1-3-12-9(11)8(2)10-6-4-5-7-10/h8H,3-7H2,1-2H3/t8-/m1/s1. The van der Waals surface area contributed by atoms with Crippen LogP contribution in [-0.2, 0) is 9.53 Å². The van der Waals surface area contributed by atoms with Crippen molar-refractivity contribution < 1.29 is 9.53 Å². The van der Waals surface area contributed by atoms with E-state index in [1.54, 1.807) is 0 Å². The minimum absolute atomic E-state index is 0.0487. The summed E-state index contributed by atoms with van der Waals surface area (Å²) >= 11 is 0. The molecule has 1 aliphatic heterocycles. The molecule has 0 aromatic rings. The van der Waals surface area contributed by atoms with Crippen molar-refractivity contribution in [3.8, 4) is 0 Å². The van der Waals surface area contributed by atoms with Crippen LogP contribution in [0.5, 0.6) is 0 Å². The van der Waals surface area contributed by atoms with E-state index in [9.17, 15) is 4.79 Å². The van der Waals surface area contributed by atoms with Crippen LogP contribution < -0.4 is 0 Å². The molecule has 0 unspecified atom stereocenters. The van der Waals surface area contributed by atoms with Crippen molar-refractivity contribution in [2.75, 3.05) is 19.7 Å². The Labute approximate surface area is 73.7 Å². The second-order valence-corrected chi connectivity index (χ2v) is 3.17. The van der Waals surface area contributed by atoms with Crippen LogP contribution in [0.2, 0.25) is 0 Å². The Morgan fingerprint density at radius 1 is 1.50 bits per heavy atom. The third-order valence-corrected chi connectivity index (χ3v) is 2.32. The molecule has 3 heteroatoms. The van der Waals surface area contributed by atoms with Crippen molar-refractivity contribution >= 4 is 5.97 Å². The minimum atomic E-state index is -0.0839. The fraction of sp³-hybridized carbons (Fsp3) is 0.889. The molecule has 0 saturated carbocycles. The van der Waals surface area contributed by atoms with Crippen LogP contribution in [0.15, 0.2) is 0 Å². The molecule has 0 radical (unpaired) electrons. The van der Waals surface area contributed by atoms with E-state index in [0.717, 1.165) is 13.1 Å². The lowest BCUT2D eigenvalue weighted by Gasteiger charge is -2.21. The molecule has 0 amide bonds. The second kappa shape index (κ2) is 4.45. The van der Waals surface area contributed by atoms with Gasteiger partial charge >= 0.3 is 5.97 Å². The Bertz CT molecular complexity index is 153. The van der Waals surface area contributed by atoms with Gasteiger partial charge in [0.05, 0.1) is 6.61 Å². The summed E-state index contributed by atoms with van der Waals surface area (Å²) in [6.45, 7) is 6.33. The van der Waals surface area contributed by atoms with Crippen LogP contribution in [0.3, 0.4) is 0 Å². The number of esters is 1. The lowest BCUT2D eigenvalue weighted by Crippen LogP contribution is -2.37. The molecule has 0 spiro atoms. The van der Waals surface area contributed by atoms with Crippen LogP contribution in [0, 0.1) is 0 Å². The summed E-state index contributed by atoms with van der Waals surface area (Å²) < 4.78 is 4.94. The normalized spacial score (nSPS) is 20.8. The molecule has 1 atom stereocenters. The number of ether oxygens (including phenoxy) is 1.